The number of nitrogens with one attached hydrogen (secondary N) is 2. The standard InChI is InChI=1S/C20H20ClN5O2/c1-12(6-8-27)24-17-10-19(28)26(2)18-4-3-13(9-14(17)18)25-16-5-7-23-20(21)15(16)11-22/h3-5,7,9-10,12,24,27H,6,8H2,1-2H3,(H,23,25). The summed E-state index contributed by atoms with van der Waals surface area (Å²) >= 11 is 6.00. The van der Waals surface area contributed by atoms with Gasteiger partial charge in [0.15, 0.2) is 0 Å². The number of nitrogens with zero attached hydrogens (tertiary/aromatic N) is 3. The average Bonchev–Trinajstić information content (AvgIpc) is 2.66. The van der Waals surface area contributed by atoms with Crippen molar-refractivity contribution in [2.24, 2.45) is 7.05 Å². The largest absolute Gasteiger partial charge is 0.396 e. The molecule has 144 valence electrons. The number of nitriles is 1. The van der Waals surface area contributed by atoms with Gasteiger partial charge in [-0.1, -0.05) is 11.6 Å². The van der Waals surface area contributed by atoms with Crippen LogP contribution < -0.4 is 16.2 Å². The molecule has 28 heavy (non-hydrogen) atoms. The zero-order valence-corrected chi connectivity index (χ0v) is 16.3. The summed E-state index contributed by atoms with van der Waals surface area (Å²) in [4.78, 5) is 16.2. The van der Waals surface area contributed by atoms with Crippen LogP contribution in [0.25, 0.3) is 10.9 Å². The first-order valence-electron chi connectivity index (χ1n) is 8.77. The lowest BCUT2D eigenvalue weighted by molar-refractivity contribution is 0.282. The minimum absolute atomic E-state index is 0.00103. The molecule has 2 heterocycles. The van der Waals surface area contributed by atoms with Crippen molar-refractivity contribution in [1.82, 2.24) is 9.55 Å². The molecule has 0 saturated carbocycles. The number of aliphatic hydroxyl groups excluding tert-OH is 1. The van der Waals surface area contributed by atoms with Crippen molar-refractivity contribution in [1.29, 1.82) is 5.26 Å². The monoisotopic (exact) mass is 397 g/mol. The third-order valence-corrected chi connectivity index (χ3v) is 4.79. The van der Waals surface area contributed by atoms with Crippen molar-refractivity contribution in [3.8, 4) is 6.07 Å². The van der Waals surface area contributed by atoms with E-state index >= 15 is 0 Å². The van der Waals surface area contributed by atoms with E-state index in [-0.39, 0.29) is 28.9 Å². The van der Waals surface area contributed by atoms with Gasteiger partial charge in [0.25, 0.3) is 5.56 Å². The molecule has 3 aromatic rings. The molecule has 7 nitrogen and oxygen atoms in total. The fraction of sp³-hybridized carbons (Fsp3) is 0.250. The highest BCUT2D eigenvalue weighted by Crippen LogP contribution is 2.29. The van der Waals surface area contributed by atoms with Gasteiger partial charge < -0.3 is 20.3 Å². The molecule has 0 aliphatic carbocycles. The van der Waals surface area contributed by atoms with Gasteiger partial charge in [-0.15, -0.1) is 0 Å². The Morgan fingerprint density at radius 1 is 1.32 bits per heavy atom. The Labute approximate surface area is 167 Å². The van der Waals surface area contributed by atoms with E-state index in [1.807, 2.05) is 25.1 Å². The quantitative estimate of drug-likeness (QED) is 0.551. The second-order valence-electron chi connectivity index (χ2n) is 6.51. The zero-order chi connectivity index (χ0) is 20.3. The lowest BCUT2D eigenvalue weighted by Gasteiger charge is -2.18. The van der Waals surface area contributed by atoms with Crippen molar-refractivity contribution in [3.05, 3.63) is 57.6 Å². The summed E-state index contributed by atoms with van der Waals surface area (Å²) in [5.41, 5.74) is 2.89. The highest BCUT2D eigenvalue weighted by Gasteiger charge is 2.12. The van der Waals surface area contributed by atoms with Crippen LogP contribution in [0, 0.1) is 11.3 Å². The Kier molecular flexibility index (Phi) is 5.83. The van der Waals surface area contributed by atoms with Crippen LogP contribution >= 0.6 is 11.6 Å². The molecule has 0 amide bonds. The van der Waals surface area contributed by atoms with Crippen molar-refractivity contribution in [3.63, 3.8) is 0 Å². The molecule has 1 atom stereocenters. The van der Waals surface area contributed by atoms with Crippen molar-refractivity contribution in [2.45, 2.75) is 19.4 Å². The van der Waals surface area contributed by atoms with E-state index in [2.05, 4.69) is 21.7 Å². The molecule has 3 N–H and O–H groups in total. The molecule has 0 fully saturated rings. The van der Waals surface area contributed by atoms with Gasteiger partial charge in [0.1, 0.15) is 16.8 Å². The minimum Gasteiger partial charge on any atom is -0.396 e. The van der Waals surface area contributed by atoms with Gasteiger partial charge in [-0.05, 0) is 37.6 Å². The van der Waals surface area contributed by atoms with Gasteiger partial charge in [-0.2, -0.15) is 5.26 Å². The van der Waals surface area contributed by atoms with Crippen LogP contribution in [0.3, 0.4) is 0 Å². The maximum Gasteiger partial charge on any atom is 0.252 e. The molecule has 0 bridgehead atoms. The predicted octanol–water partition coefficient (Wildman–Crippen LogP) is 3.38. The summed E-state index contributed by atoms with van der Waals surface area (Å²) in [6, 6.07) is 10.9. The summed E-state index contributed by atoms with van der Waals surface area (Å²) in [6.45, 7) is 2.00. The molecule has 8 heteroatoms. The number of benzene rings is 1. The van der Waals surface area contributed by atoms with E-state index in [0.29, 0.717) is 17.8 Å². The number of rotatable bonds is 6. The predicted molar refractivity (Wildman–Crippen MR) is 111 cm³/mol. The molecule has 1 unspecified atom stereocenters. The second kappa shape index (κ2) is 8.30. The Morgan fingerprint density at radius 2 is 2.11 bits per heavy atom. The Bertz CT molecular complexity index is 1120. The van der Waals surface area contributed by atoms with Crippen molar-refractivity contribution >= 4 is 39.6 Å². The van der Waals surface area contributed by atoms with Crippen LogP contribution in [-0.4, -0.2) is 27.3 Å². The number of hydrogen-bond donors (Lipinski definition) is 3. The van der Waals surface area contributed by atoms with E-state index in [1.165, 1.54) is 6.20 Å². The smallest absolute Gasteiger partial charge is 0.252 e. The number of aryl methyl sites for hydroxylation is 1. The van der Waals surface area contributed by atoms with E-state index in [1.54, 1.807) is 23.7 Å². The van der Waals surface area contributed by atoms with E-state index in [4.69, 9.17) is 16.7 Å². The van der Waals surface area contributed by atoms with Gasteiger partial charge in [0.2, 0.25) is 0 Å². The lowest BCUT2D eigenvalue weighted by Crippen LogP contribution is -2.21. The van der Waals surface area contributed by atoms with Gasteiger partial charge in [0.05, 0.1) is 11.2 Å². The van der Waals surface area contributed by atoms with Crippen molar-refractivity contribution in [2.75, 3.05) is 17.2 Å². The fourth-order valence-corrected chi connectivity index (χ4v) is 3.19. The SMILES string of the molecule is CC(CCO)Nc1cc(=O)n(C)c2ccc(Nc3ccnc(Cl)c3C#N)cc12. The molecule has 0 aliphatic heterocycles. The molecule has 3 rings (SSSR count). The molecule has 1 aromatic carbocycles. The summed E-state index contributed by atoms with van der Waals surface area (Å²) < 4.78 is 1.57. The van der Waals surface area contributed by atoms with Crippen molar-refractivity contribution < 1.29 is 5.11 Å². The summed E-state index contributed by atoms with van der Waals surface area (Å²) in [7, 11) is 1.72. The second-order valence-corrected chi connectivity index (χ2v) is 6.86. The average molecular weight is 398 g/mol. The molecular weight excluding hydrogens is 378 g/mol. The van der Waals surface area contributed by atoms with E-state index in [9.17, 15) is 10.1 Å². The van der Waals surface area contributed by atoms with Crippen LogP contribution in [-0.2, 0) is 7.05 Å². The number of aliphatic hydroxyl groups is 1. The van der Waals surface area contributed by atoms with Crippen LogP contribution in [0.5, 0.6) is 0 Å². The Balaban J connectivity index is 2.07. The number of pyridine rings is 2. The van der Waals surface area contributed by atoms with E-state index in [0.717, 1.165) is 16.6 Å². The third kappa shape index (κ3) is 3.93. The minimum atomic E-state index is -0.125. The van der Waals surface area contributed by atoms with E-state index < -0.39 is 0 Å². The molecule has 0 saturated heterocycles. The maximum absolute atomic E-state index is 12.3. The third-order valence-electron chi connectivity index (χ3n) is 4.51. The first-order chi connectivity index (χ1) is 13.4. The van der Waals surface area contributed by atoms with Gasteiger partial charge >= 0.3 is 0 Å². The highest BCUT2D eigenvalue weighted by atomic mass is 35.5. The van der Waals surface area contributed by atoms with Gasteiger partial charge in [-0.25, -0.2) is 4.98 Å². The van der Waals surface area contributed by atoms with Crippen LogP contribution in [0.4, 0.5) is 17.1 Å². The first-order valence-corrected chi connectivity index (χ1v) is 9.15. The first kappa shape index (κ1) is 19.7. The number of anilines is 3. The molecule has 2 aromatic heterocycles. The lowest BCUT2D eigenvalue weighted by atomic mass is 10.1. The molecule has 0 spiro atoms. The molecule has 0 radical (unpaired) electrons. The fourth-order valence-electron chi connectivity index (χ4n) is 2.99. The summed E-state index contributed by atoms with van der Waals surface area (Å²) in [5, 5.41) is 25.9. The van der Waals surface area contributed by atoms with Gasteiger partial charge in [0, 0.05) is 48.7 Å². The Morgan fingerprint density at radius 3 is 2.82 bits per heavy atom. The maximum atomic E-state index is 12.3. The normalized spacial score (nSPS) is 11.8. The van der Waals surface area contributed by atoms with Crippen LogP contribution in [0.1, 0.15) is 18.9 Å². The Hall–Kier alpha value is -3.08. The topological polar surface area (TPSA) is 103 Å². The van der Waals surface area contributed by atoms with Crippen LogP contribution in [0.2, 0.25) is 5.15 Å². The highest BCUT2D eigenvalue weighted by molar-refractivity contribution is 6.31. The van der Waals surface area contributed by atoms with Crippen LogP contribution in [0.15, 0.2) is 41.3 Å². The number of halogens is 1. The number of fused-ring (bicyclic) bond motifs is 1. The summed E-state index contributed by atoms with van der Waals surface area (Å²) in [5.74, 6) is 0. The van der Waals surface area contributed by atoms with Gasteiger partial charge in [-0.3, -0.25) is 4.79 Å². The zero-order valence-electron chi connectivity index (χ0n) is 15.5. The number of aromatic nitrogens is 2. The molecule has 0 aliphatic rings. The number of hydrogen-bond acceptors (Lipinski definition) is 6. The molecular formula is C20H20ClN5O2. The summed E-state index contributed by atoms with van der Waals surface area (Å²) in [6.07, 6.45) is 2.09.